The molecule has 1 aliphatic rings. The number of esters is 1. The summed E-state index contributed by atoms with van der Waals surface area (Å²) in [7, 11) is 5.56. The van der Waals surface area contributed by atoms with Crippen molar-refractivity contribution in [1.29, 1.82) is 0 Å². The van der Waals surface area contributed by atoms with Crippen molar-refractivity contribution in [3.05, 3.63) is 46.5 Å². The van der Waals surface area contributed by atoms with E-state index in [2.05, 4.69) is 4.74 Å². The van der Waals surface area contributed by atoms with Crippen LogP contribution in [0.2, 0.25) is 0 Å². The molecule has 0 fully saturated rings. The lowest BCUT2D eigenvalue weighted by Gasteiger charge is -2.23. The van der Waals surface area contributed by atoms with Crippen molar-refractivity contribution >= 4 is 17.8 Å². The van der Waals surface area contributed by atoms with E-state index >= 15 is 0 Å². The molecule has 0 aromatic heterocycles. The van der Waals surface area contributed by atoms with Gasteiger partial charge in [0, 0.05) is 11.6 Å². The highest BCUT2D eigenvalue weighted by atomic mass is 16.5. The average molecular weight is 400 g/mol. The fraction of sp³-hybridized carbons (Fsp3) is 0.238. The van der Waals surface area contributed by atoms with Gasteiger partial charge in [0.2, 0.25) is 5.75 Å². The van der Waals surface area contributed by atoms with Crippen LogP contribution in [-0.2, 0) is 4.74 Å². The van der Waals surface area contributed by atoms with Gasteiger partial charge in [-0.3, -0.25) is 4.79 Å². The minimum absolute atomic E-state index is 0.00425. The summed E-state index contributed by atoms with van der Waals surface area (Å²) < 4.78 is 26.4. The van der Waals surface area contributed by atoms with Crippen molar-refractivity contribution in [2.45, 2.75) is 0 Å². The van der Waals surface area contributed by atoms with E-state index in [-0.39, 0.29) is 40.8 Å². The number of phenols is 1. The number of fused-ring (bicyclic) bond motifs is 1. The first-order valence-corrected chi connectivity index (χ1v) is 8.57. The third kappa shape index (κ3) is 3.56. The molecular weight excluding hydrogens is 380 g/mol. The maximum Gasteiger partial charge on any atom is 0.341 e. The van der Waals surface area contributed by atoms with Gasteiger partial charge in [-0.25, -0.2) is 4.79 Å². The standard InChI is InChI=1S/C21H20O8/c1-25-16-9-15-17(20(27-3)19(16)26-2)18(23)12(10-29-15)7-11-5-6-14(22)13(8-11)21(24)28-4/h5-9,22H,10H2,1-4H3/b12-7+. The number of Topliss-reactive ketones (excluding diaryl/α,β-unsaturated/α-hetero) is 1. The Bertz CT molecular complexity index is 1010. The zero-order valence-electron chi connectivity index (χ0n) is 16.4. The molecule has 0 amide bonds. The summed E-state index contributed by atoms with van der Waals surface area (Å²) in [6, 6.07) is 5.93. The van der Waals surface area contributed by atoms with E-state index in [0.29, 0.717) is 22.6 Å². The SMILES string of the molecule is COC(=O)c1cc(/C=C2\COc3cc(OC)c(OC)c(OC)c3C2=O)ccc1O. The first-order chi connectivity index (χ1) is 13.9. The molecule has 8 nitrogen and oxygen atoms in total. The van der Waals surface area contributed by atoms with Gasteiger partial charge in [-0.15, -0.1) is 0 Å². The maximum atomic E-state index is 13.1. The summed E-state index contributed by atoms with van der Waals surface area (Å²) in [5.74, 6) is -0.0150. The van der Waals surface area contributed by atoms with Gasteiger partial charge in [0.25, 0.3) is 0 Å². The van der Waals surface area contributed by atoms with Gasteiger partial charge in [-0.1, -0.05) is 6.07 Å². The maximum absolute atomic E-state index is 13.1. The van der Waals surface area contributed by atoms with Crippen molar-refractivity contribution in [2.75, 3.05) is 35.0 Å². The monoisotopic (exact) mass is 400 g/mol. The number of hydrogen-bond donors (Lipinski definition) is 1. The lowest BCUT2D eigenvalue weighted by Crippen LogP contribution is -2.20. The van der Waals surface area contributed by atoms with Crippen LogP contribution in [0, 0.1) is 0 Å². The number of carbonyl (C=O) groups is 2. The Balaban J connectivity index is 2.07. The van der Waals surface area contributed by atoms with E-state index in [9.17, 15) is 14.7 Å². The van der Waals surface area contributed by atoms with Crippen LogP contribution in [0.4, 0.5) is 0 Å². The lowest BCUT2D eigenvalue weighted by molar-refractivity contribution is 0.0597. The Kier molecular flexibility index (Phi) is 5.63. The Labute approximate surface area is 167 Å². The summed E-state index contributed by atoms with van der Waals surface area (Å²) in [6.45, 7) is 0.0128. The molecule has 0 radical (unpaired) electrons. The smallest absolute Gasteiger partial charge is 0.341 e. The number of hydrogen-bond acceptors (Lipinski definition) is 8. The molecule has 0 aliphatic carbocycles. The quantitative estimate of drug-likeness (QED) is 0.604. The zero-order valence-corrected chi connectivity index (χ0v) is 16.4. The van der Waals surface area contributed by atoms with Gasteiger partial charge >= 0.3 is 5.97 Å². The summed E-state index contributed by atoms with van der Waals surface area (Å²) in [5.41, 5.74) is 1.08. The predicted octanol–water partition coefficient (Wildman–Crippen LogP) is 2.86. The first kappa shape index (κ1) is 20.1. The van der Waals surface area contributed by atoms with Gasteiger partial charge in [0.1, 0.15) is 29.2 Å². The number of methoxy groups -OCH3 is 4. The van der Waals surface area contributed by atoms with E-state index in [4.69, 9.17) is 18.9 Å². The molecular formula is C21H20O8. The van der Waals surface area contributed by atoms with Crippen LogP contribution in [0.3, 0.4) is 0 Å². The molecule has 0 saturated heterocycles. The van der Waals surface area contributed by atoms with Crippen LogP contribution >= 0.6 is 0 Å². The molecule has 0 saturated carbocycles. The van der Waals surface area contributed by atoms with E-state index in [1.54, 1.807) is 18.2 Å². The number of phenolic OH excluding ortho intramolecular Hbond substituents is 1. The molecule has 1 heterocycles. The zero-order chi connectivity index (χ0) is 21.1. The summed E-state index contributed by atoms with van der Waals surface area (Å²) in [5, 5.41) is 9.84. The highest BCUT2D eigenvalue weighted by molar-refractivity contribution is 6.16. The fourth-order valence-electron chi connectivity index (χ4n) is 3.07. The van der Waals surface area contributed by atoms with Crippen molar-refractivity contribution in [2.24, 2.45) is 0 Å². The number of ether oxygens (including phenoxy) is 5. The predicted molar refractivity (Wildman–Crippen MR) is 103 cm³/mol. The largest absolute Gasteiger partial charge is 0.507 e. The van der Waals surface area contributed by atoms with Gasteiger partial charge in [-0.05, 0) is 23.8 Å². The van der Waals surface area contributed by atoms with Crippen LogP contribution in [0.5, 0.6) is 28.7 Å². The van der Waals surface area contributed by atoms with Gasteiger partial charge < -0.3 is 28.8 Å². The molecule has 8 heteroatoms. The summed E-state index contributed by atoms with van der Waals surface area (Å²) in [4.78, 5) is 24.9. The molecule has 152 valence electrons. The number of rotatable bonds is 5. The Morgan fingerprint density at radius 1 is 1.07 bits per heavy atom. The molecule has 0 spiro atoms. The van der Waals surface area contributed by atoms with E-state index in [1.165, 1.54) is 40.6 Å². The number of benzene rings is 2. The molecule has 29 heavy (non-hydrogen) atoms. The molecule has 2 aromatic carbocycles. The molecule has 0 unspecified atom stereocenters. The highest BCUT2D eigenvalue weighted by Gasteiger charge is 2.32. The van der Waals surface area contributed by atoms with E-state index in [0.717, 1.165) is 0 Å². The van der Waals surface area contributed by atoms with Gasteiger partial charge in [0.05, 0.1) is 28.4 Å². The number of ketones is 1. The van der Waals surface area contributed by atoms with Crippen LogP contribution in [0.1, 0.15) is 26.3 Å². The molecule has 0 bridgehead atoms. The van der Waals surface area contributed by atoms with Crippen LogP contribution in [-0.4, -0.2) is 51.9 Å². The lowest BCUT2D eigenvalue weighted by atomic mass is 9.96. The third-order valence-electron chi connectivity index (χ3n) is 4.46. The summed E-state index contributed by atoms with van der Waals surface area (Å²) in [6.07, 6.45) is 1.58. The Hall–Kier alpha value is -3.68. The van der Waals surface area contributed by atoms with Crippen LogP contribution < -0.4 is 18.9 Å². The van der Waals surface area contributed by atoms with E-state index < -0.39 is 5.97 Å². The van der Waals surface area contributed by atoms with Crippen LogP contribution in [0.15, 0.2) is 29.8 Å². The Morgan fingerprint density at radius 3 is 2.41 bits per heavy atom. The fourth-order valence-corrected chi connectivity index (χ4v) is 3.07. The topological polar surface area (TPSA) is 101 Å². The number of aromatic hydroxyl groups is 1. The van der Waals surface area contributed by atoms with Gasteiger partial charge in [0.15, 0.2) is 17.3 Å². The van der Waals surface area contributed by atoms with Crippen LogP contribution in [0.25, 0.3) is 6.08 Å². The highest BCUT2D eigenvalue weighted by Crippen LogP contribution is 2.47. The molecule has 1 N–H and O–H groups in total. The molecule has 0 atom stereocenters. The third-order valence-corrected chi connectivity index (χ3v) is 4.46. The van der Waals surface area contributed by atoms with Crippen molar-refractivity contribution in [3.8, 4) is 28.7 Å². The molecule has 3 rings (SSSR count). The summed E-state index contributed by atoms with van der Waals surface area (Å²) >= 11 is 0. The average Bonchev–Trinajstić information content (AvgIpc) is 2.74. The minimum Gasteiger partial charge on any atom is -0.507 e. The van der Waals surface area contributed by atoms with E-state index in [1.807, 2.05) is 0 Å². The minimum atomic E-state index is -0.683. The Morgan fingerprint density at radius 2 is 1.79 bits per heavy atom. The van der Waals surface area contributed by atoms with Crippen molar-refractivity contribution in [3.63, 3.8) is 0 Å². The first-order valence-electron chi connectivity index (χ1n) is 8.57. The normalized spacial score (nSPS) is 14.1. The second kappa shape index (κ2) is 8.14. The number of carbonyl (C=O) groups excluding carboxylic acids is 2. The van der Waals surface area contributed by atoms with Crippen molar-refractivity contribution in [1.82, 2.24) is 0 Å². The van der Waals surface area contributed by atoms with Gasteiger partial charge in [-0.2, -0.15) is 0 Å². The molecule has 1 aliphatic heterocycles. The van der Waals surface area contributed by atoms with Crippen molar-refractivity contribution < 1.29 is 38.4 Å². The second-order valence-electron chi connectivity index (χ2n) is 6.07. The molecule has 2 aromatic rings. The second-order valence-corrected chi connectivity index (χ2v) is 6.07.